The van der Waals surface area contributed by atoms with E-state index in [9.17, 15) is 4.79 Å². The molecule has 0 saturated heterocycles. The van der Waals surface area contributed by atoms with Gasteiger partial charge in [0.15, 0.2) is 5.82 Å². The standard InChI is InChI=1S/C20H25N5O3/c1-5-6-14-16-13(9-15(12-7-8-12)22-19(16)27-25-14)18(26)23-17(10(2)3)20-21-11(4)24-28-20/h9-10,12,17H,5-8H2,1-4H3,(H,23,26). The van der Waals surface area contributed by atoms with Gasteiger partial charge in [-0.3, -0.25) is 4.79 Å². The summed E-state index contributed by atoms with van der Waals surface area (Å²) in [6, 6.07) is 1.51. The molecule has 28 heavy (non-hydrogen) atoms. The van der Waals surface area contributed by atoms with E-state index in [1.165, 1.54) is 0 Å². The maximum absolute atomic E-state index is 13.3. The largest absolute Gasteiger partial charge is 0.340 e. The predicted octanol–water partition coefficient (Wildman–Crippen LogP) is 3.87. The zero-order valence-corrected chi connectivity index (χ0v) is 16.7. The van der Waals surface area contributed by atoms with Gasteiger partial charge in [0.25, 0.3) is 11.6 Å². The van der Waals surface area contributed by atoms with Crippen molar-refractivity contribution < 1.29 is 13.8 Å². The molecule has 1 N–H and O–H groups in total. The van der Waals surface area contributed by atoms with Crippen LogP contribution in [0.3, 0.4) is 0 Å². The average molecular weight is 383 g/mol. The van der Waals surface area contributed by atoms with Crippen molar-refractivity contribution >= 4 is 17.0 Å². The van der Waals surface area contributed by atoms with Crippen molar-refractivity contribution in [1.82, 2.24) is 25.6 Å². The van der Waals surface area contributed by atoms with E-state index in [0.717, 1.165) is 37.1 Å². The van der Waals surface area contributed by atoms with Crippen molar-refractivity contribution in [3.05, 3.63) is 34.7 Å². The van der Waals surface area contributed by atoms with Crippen LogP contribution in [0.25, 0.3) is 11.1 Å². The Morgan fingerprint density at radius 3 is 2.64 bits per heavy atom. The molecule has 8 heteroatoms. The van der Waals surface area contributed by atoms with Crippen molar-refractivity contribution in [2.45, 2.75) is 65.3 Å². The molecule has 0 radical (unpaired) electrons. The average Bonchev–Trinajstić information content (AvgIpc) is 3.32. The van der Waals surface area contributed by atoms with Crippen LogP contribution in [0.5, 0.6) is 0 Å². The summed E-state index contributed by atoms with van der Waals surface area (Å²) in [4.78, 5) is 22.2. The Bertz CT molecular complexity index is 1000. The predicted molar refractivity (Wildman–Crippen MR) is 102 cm³/mol. The molecule has 0 aromatic carbocycles. The molecule has 0 spiro atoms. The molecule has 3 heterocycles. The van der Waals surface area contributed by atoms with Crippen LogP contribution in [0, 0.1) is 12.8 Å². The first kappa shape index (κ1) is 18.6. The lowest BCUT2D eigenvalue weighted by atomic mass is 10.0. The highest BCUT2D eigenvalue weighted by atomic mass is 16.5. The molecule has 1 aliphatic rings. The molecule has 0 aliphatic heterocycles. The van der Waals surface area contributed by atoms with Crippen LogP contribution in [0.4, 0.5) is 0 Å². The Morgan fingerprint density at radius 2 is 2.04 bits per heavy atom. The van der Waals surface area contributed by atoms with Gasteiger partial charge in [-0.1, -0.05) is 37.5 Å². The molecule has 1 fully saturated rings. The monoisotopic (exact) mass is 383 g/mol. The van der Waals surface area contributed by atoms with E-state index in [4.69, 9.17) is 9.05 Å². The van der Waals surface area contributed by atoms with Gasteiger partial charge in [-0.05, 0) is 38.2 Å². The van der Waals surface area contributed by atoms with Crippen LogP contribution in [-0.4, -0.2) is 26.2 Å². The number of nitrogens with zero attached hydrogens (tertiary/aromatic N) is 4. The van der Waals surface area contributed by atoms with Crippen LogP contribution in [-0.2, 0) is 6.42 Å². The summed E-state index contributed by atoms with van der Waals surface area (Å²) < 4.78 is 10.8. The molecular formula is C20H25N5O3. The van der Waals surface area contributed by atoms with E-state index in [2.05, 4.69) is 32.5 Å². The molecular weight excluding hydrogens is 358 g/mol. The minimum absolute atomic E-state index is 0.0848. The first-order valence-electron chi connectivity index (χ1n) is 9.88. The van der Waals surface area contributed by atoms with E-state index < -0.39 is 0 Å². The number of rotatable bonds is 7. The van der Waals surface area contributed by atoms with Crippen LogP contribution >= 0.6 is 0 Å². The summed E-state index contributed by atoms with van der Waals surface area (Å²) in [5.74, 6) is 1.23. The second kappa shape index (κ2) is 7.33. The fourth-order valence-electron chi connectivity index (χ4n) is 3.38. The molecule has 3 aromatic heterocycles. The van der Waals surface area contributed by atoms with Crippen molar-refractivity contribution in [1.29, 1.82) is 0 Å². The number of amides is 1. The summed E-state index contributed by atoms with van der Waals surface area (Å²) in [6.07, 6.45) is 3.81. The SMILES string of the molecule is CCCc1noc2nc(C3CC3)cc(C(=O)NC(c3nc(C)no3)C(C)C)c12. The minimum Gasteiger partial charge on any atom is -0.340 e. The summed E-state index contributed by atoms with van der Waals surface area (Å²) in [5.41, 5.74) is 2.66. The van der Waals surface area contributed by atoms with Crippen molar-refractivity contribution in [3.63, 3.8) is 0 Å². The lowest BCUT2D eigenvalue weighted by Crippen LogP contribution is -2.32. The zero-order chi connectivity index (χ0) is 19.8. The topological polar surface area (TPSA) is 107 Å². The van der Waals surface area contributed by atoms with Crippen molar-refractivity contribution in [2.75, 3.05) is 0 Å². The molecule has 8 nitrogen and oxygen atoms in total. The number of aromatic nitrogens is 4. The fourth-order valence-corrected chi connectivity index (χ4v) is 3.38. The summed E-state index contributed by atoms with van der Waals surface area (Å²) in [5, 5.41) is 11.8. The van der Waals surface area contributed by atoms with Gasteiger partial charge in [0.2, 0.25) is 5.89 Å². The maximum Gasteiger partial charge on any atom is 0.259 e. The third kappa shape index (κ3) is 3.50. The molecule has 3 aromatic rings. The summed E-state index contributed by atoms with van der Waals surface area (Å²) in [7, 11) is 0. The quantitative estimate of drug-likeness (QED) is 0.660. The van der Waals surface area contributed by atoms with Crippen LogP contribution in [0.15, 0.2) is 15.1 Å². The lowest BCUT2D eigenvalue weighted by Gasteiger charge is -2.19. The highest BCUT2D eigenvalue weighted by molar-refractivity contribution is 6.06. The second-order valence-corrected chi connectivity index (χ2v) is 7.80. The number of hydrogen-bond donors (Lipinski definition) is 1. The highest BCUT2D eigenvalue weighted by Crippen LogP contribution is 2.40. The van der Waals surface area contributed by atoms with Crippen molar-refractivity contribution in [3.8, 4) is 0 Å². The molecule has 4 rings (SSSR count). The van der Waals surface area contributed by atoms with E-state index in [0.29, 0.717) is 34.3 Å². The minimum atomic E-state index is -0.379. The van der Waals surface area contributed by atoms with Gasteiger partial charge in [0.1, 0.15) is 6.04 Å². The smallest absolute Gasteiger partial charge is 0.259 e. The van der Waals surface area contributed by atoms with Crippen LogP contribution < -0.4 is 5.32 Å². The van der Waals surface area contributed by atoms with Gasteiger partial charge in [0.05, 0.1) is 16.6 Å². The number of nitrogens with one attached hydrogen (secondary N) is 1. The first-order valence-corrected chi connectivity index (χ1v) is 9.88. The number of carbonyl (C=O) groups excluding carboxylic acids is 1. The van der Waals surface area contributed by atoms with Crippen LogP contribution in [0.1, 0.15) is 85.5 Å². The lowest BCUT2D eigenvalue weighted by molar-refractivity contribution is 0.0915. The number of fused-ring (bicyclic) bond motifs is 1. The van der Waals surface area contributed by atoms with Gasteiger partial charge in [0, 0.05) is 11.6 Å². The zero-order valence-electron chi connectivity index (χ0n) is 16.7. The Balaban J connectivity index is 1.73. The number of aryl methyl sites for hydroxylation is 2. The maximum atomic E-state index is 13.3. The highest BCUT2D eigenvalue weighted by Gasteiger charge is 2.31. The molecule has 1 aliphatic carbocycles. The number of hydrogen-bond acceptors (Lipinski definition) is 7. The normalized spacial score (nSPS) is 15.3. The Morgan fingerprint density at radius 1 is 1.25 bits per heavy atom. The van der Waals surface area contributed by atoms with E-state index >= 15 is 0 Å². The molecule has 1 saturated carbocycles. The van der Waals surface area contributed by atoms with Gasteiger partial charge in [-0.15, -0.1) is 0 Å². The van der Waals surface area contributed by atoms with E-state index in [1.807, 2.05) is 19.9 Å². The molecule has 0 bridgehead atoms. The van der Waals surface area contributed by atoms with Gasteiger partial charge in [-0.2, -0.15) is 4.98 Å². The second-order valence-electron chi connectivity index (χ2n) is 7.80. The van der Waals surface area contributed by atoms with Gasteiger partial charge >= 0.3 is 0 Å². The molecule has 1 atom stereocenters. The van der Waals surface area contributed by atoms with Gasteiger partial charge < -0.3 is 14.4 Å². The Hall–Kier alpha value is -2.77. The first-order chi connectivity index (χ1) is 13.5. The van der Waals surface area contributed by atoms with E-state index in [1.54, 1.807) is 6.92 Å². The van der Waals surface area contributed by atoms with E-state index in [-0.39, 0.29) is 17.9 Å². The molecule has 1 unspecified atom stereocenters. The molecule has 148 valence electrons. The number of carbonyl (C=O) groups is 1. The third-order valence-corrected chi connectivity index (χ3v) is 5.03. The fraction of sp³-hybridized carbons (Fsp3) is 0.550. The Labute approximate surface area is 163 Å². The van der Waals surface area contributed by atoms with Gasteiger partial charge in [-0.25, -0.2) is 4.98 Å². The third-order valence-electron chi connectivity index (χ3n) is 5.03. The summed E-state index contributed by atoms with van der Waals surface area (Å²) >= 11 is 0. The van der Waals surface area contributed by atoms with Crippen LogP contribution in [0.2, 0.25) is 0 Å². The number of pyridine rings is 1. The van der Waals surface area contributed by atoms with Crippen molar-refractivity contribution in [2.24, 2.45) is 5.92 Å². The Kier molecular flexibility index (Phi) is 4.87. The molecule has 1 amide bonds. The summed E-state index contributed by atoms with van der Waals surface area (Å²) in [6.45, 7) is 7.84.